The Hall–Kier alpha value is -0.900. The lowest BCUT2D eigenvalue weighted by Crippen LogP contribution is -1.98. The van der Waals surface area contributed by atoms with E-state index in [0.717, 1.165) is 29.3 Å². The maximum atomic E-state index is 10.1. The van der Waals surface area contributed by atoms with Crippen LogP contribution in [-0.2, 0) is 6.42 Å². The van der Waals surface area contributed by atoms with Crippen LogP contribution < -0.4 is 9.47 Å². The van der Waals surface area contributed by atoms with E-state index < -0.39 is 0 Å². The molecule has 0 spiro atoms. The number of aromatic hydroxyl groups is 1. The summed E-state index contributed by atoms with van der Waals surface area (Å²) in [6, 6.07) is 2.01. The maximum absolute atomic E-state index is 10.1. The van der Waals surface area contributed by atoms with Crippen LogP contribution >= 0.6 is 15.9 Å². The molecular formula is C19H31BrO3. The Bertz CT molecular complexity index is 460. The normalized spacial score (nSPS) is 10.8. The van der Waals surface area contributed by atoms with E-state index in [9.17, 15) is 5.11 Å². The first-order chi connectivity index (χ1) is 11.2. The van der Waals surface area contributed by atoms with E-state index in [1.54, 1.807) is 14.2 Å². The number of benzene rings is 1. The predicted molar refractivity (Wildman–Crippen MR) is 100 cm³/mol. The van der Waals surface area contributed by atoms with Crippen LogP contribution in [0.1, 0.15) is 62.5 Å². The Kier molecular flexibility index (Phi) is 10.2. The van der Waals surface area contributed by atoms with Gasteiger partial charge in [0.25, 0.3) is 0 Å². The molecule has 3 nitrogen and oxygen atoms in total. The van der Waals surface area contributed by atoms with Gasteiger partial charge in [-0.2, -0.15) is 0 Å². The summed E-state index contributed by atoms with van der Waals surface area (Å²) in [7, 11) is 3.19. The molecule has 0 saturated heterocycles. The summed E-state index contributed by atoms with van der Waals surface area (Å²) in [5, 5.41) is 11.2. The fraction of sp³-hybridized carbons (Fsp3) is 0.684. The first-order valence-corrected chi connectivity index (χ1v) is 9.77. The van der Waals surface area contributed by atoms with Crippen LogP contribution in [-0.4, -0.2) is 24.7 Å². The zero-order valence-electron chi connectivity index (χ0n) is 14.8. The van der Waals surface area contributed by atoms with Gasteiger partial charge in [0.05, 0.1) is 14.2 Å². The molecule has 1 aromatic rings. The van der Waals surface area contributed by atoms with Gasteiger partial charge in [-0.25, -0.2) is 0 Å². The van der Waals surface area contributed by atoms with Crippen LogP contribution in [0.4, 0.5) is 0 Å². The smallest absolute Gasteiger partial charge is 0.203 e. The molecule has 132 valence electrons. The minimum atomic E-state index is 0.177. The maximum Gasteiger partial charge on any atom is 0.203 e. The molecule has 0 aromatic heterocycles. The van der Waals surface area contributed by atoms with Crippen molar-refractivity contribution >= 4 is 15.9 Å². The molecular weight excluding hydrogens is 356 g/mol. The minimum Gasteiger partial charge on any atom is -0.504 e. The van der Waals surface area contributed by atoms with Crippen LogP contribution in [0.2, 0.25) is 0 Å². The van der Waals surface area contributed by atoms with Crippen molar-refractivity contribution in [3.63, 3.8) is 0 Å². The van der Waals surface area contributed by atoms with Gasteiger partial charge in [0.2, 0.25) is 5.75 Å². The highest BCUT2D eigenvalue weighted by molar-refractivity contribution is 9.09. The average molecular weight is 387 g/mol. The highest BCUT2D eigenvalue weighted by Crippen LogP contribution is 2.42. The van der Waals surface area contributed by atoms with Crippen molar-refractivity contribution in [2.24, 2.45) is 0 Å². The average Bonchev–Trinajstić information content (AvgIpc) is 2.55. The van der Waals surface area contributed by atoms with Crippen LogP contribution in [0.5, 0.6) is 17.2 Å². The number of phenols is 1. The summed E-state index contributed by atoms with van der Waals surface area (Å²) in [5.74, 6) is 1.30. The quantitative estimate of drug-likeness (QED) is 0.365. The van der Waals surface area contributed by atoms with Crippen LogP contribution in [0, 0.1) is 6.92 Å². The number of alkyl halides is 1. The first kappa shape index (κ1) is 20.1. The van der Waals surface area contributed by atoms with Gasteiger partial charge in [0.1, 0.15) is 0 Å². The number of methoxy groups -OCH3 is 2. The number of unbranched alkanes of at least 4 members (excludes halogenated alkanes) is 7. The molecule has 0 radical (unpaired) electrons. The zero-order valence-corrected chi connectivity index (χ0v) is 16.4. The SMILES string of the molecule is COc1c(CCCCCCCCCCBr)cc(C)c(O)c1OC. The summed E-state index contributed by atoms with van der Waals surface area (Å²) in [4.78, 5) is 0. The van der Waals surface area contributed by atoms with Gasteiger partial charge < -0.3 is 14.6 Å². The molecule has 0 unspecified atom stereocenters. The monoisotopic (exact) mass is 386 g/mol. The van der Waals surface area contributed by atoms with Gasteiger partial charge in [-0.3, -0.25) is 0 Å². The number of phenolic OH excluding ortho intramolecular Hbond substituents is 1. The Morgan fingerprint density at radius 3 is 1.91 bits per heavy atom. The fourth-order valence-electron chi connectivity index (χ4n) is 2.90. The van der Waals surface area contributed by atoms with Crippen LogP contribution in [0.25, 0.3) is 0 Å². The van der Waals surface area contributed by atoms with E-state index in [2.05, 4.69) is 15.9 Å². The molecule has 1 rings (SSSR count). The third kappa shape index (κ3) is 6.62. The summed E-state index contributed by atoms with van der Waals surface area (Å²) < 4.78 is 10.7. The molecule has 0 fully saturated rings. The number of ether oxygens (including phenoxy) is 2. The van der Waals surface area contributed by atoms with Crippen molar-refractivity contribution in [2.75, 3.05) is 19.5 Å². The molecule has 0 saturated carbocycles. The standard InChI is InChI=1S/C19H31BrO3/c1-15-14-16(18(22-2)19(23-3)17(15)21)12-10-8-6-4-5-7-9-11-13-20/h14,21H,4-13H2,1-3H3. The van der Waals surface area contributed by atoms with E-state index in [4.69, 9.17) is 9.47 Å². The van der Waals surface area contributed by atoms with Crippen LogP contribution in [0.3, 0.4) is 0 Å². The van der Waals surface area contributed by atoms with Gasteiger partial charge in [-0.05, 0) is 43.4 Å². The molecule has 0 atom stereocenters. The van der Waals surface area contributed by atoms with Crippen molar-refractivity contribution in [3.05, 3.63) is 17.2 Å². The second-order valence-electron chi connectivity index (χ2n) is 6.04. The Morgan fingerprint density at radius 2 is 1.39 bits per heavy atom. The molecule has 0 aliphatic rings. The van der Waals surface area contributed by atoms with E-state index in [1.807, 2.05) is 13.0 Å². The number of halogens is 1. The van der Waals surface area contributed by atoms with E-state index >= 15 is 0 Å². The molecule has 23 heavy (non-hydrogen) atoms. The third-order valence-electron chi connectivity index (χ3n) is 4.22. The Morgan fingerprint density at radius 1 is 0.870 bits per heavy atom. The first-order valence-electron chi connectivity index (χ1n) is 8.65. The predicted octanol–water partition coefficient (Wildman–Crippen LogP) is 5.78. The van der Waals surface area contributed by atoms with E-state index in [-0.39, 0.29) is 5.75 Å². The third-order valence-corrected chi connectivity index (χ3v) is 4.78. The lowest BCUT2D eigenvalue weighted by Gasteiger charge is -2.16. The summed E-state index contributed by atoms with van der Waals surface area (Å²) in [6.07, 6.45) is 11.3. The highest BCUT2D eigenvalue weighted by atomic mass is 79.9. The van der Waals surface area contributed by atoms with Gasteiger partial charge in [-0.1, -0.05) is 54.5 Å². The summed E-state index contributed by atoms with van der Waals surface area (Å²) in [5.41, 5.74) is 1.96. The lowest BCUT2D eigenvalue weighted by atomic mass is 10.0. The summed E-state index contributed by atoms with van der Waals surface area (Å²) >= 11 is 3.47. The molecule has 0 amide bonds. The molecule has 1 aromatic carbocycles. The van der Waals surface area contributed by atoms with Crippen molar-refractivity contribution in [1.82, 2.24) is 0 Å². The van der Waals surface area contributed by atoms with Crippen molar-refractivity contribution in [3.8, 4) is 17.2 Å². The Labute approximate surface area is 149 Å². The van der Waals surface area contributed by atoms with Crippen LogP contribution in [0.15, 0.2) is 6.07 Å². The molecule has 1 N–H and O–H groups in total. The molecule has 0 aliphatic carbocycles. The second-order valence-corrected chi connectivity index (χ2v) is 6.83. The number of rotatable bonds is 12. The number of aryl methyl sites for hydroxylation is 2. The van der Waals surface area contributed by atoms with Gasteiger partial charge in [-0.15, -0.1) is 0 Å². The second kappa shape index (κ2) is 11.6. The largest absolute Gasteiger partial charge is 0.504 e. The van der Waals surface area contributed by atoms with Crippen molar-refractivity contribution in [2.45, 2.75) is 64.7 Å². The van der Waals surface area contributed by atoms with Crippen molar-refractivity contribution in [1.29, 1.82) is 0 Å². The number of hydrogen-bond acceptors (Lipinski definition) is 3. The molecule has 4 heteroatoms. The lowest BCUT2D eigenvalue weighted by molar-refractivity contribution is 0.329. The van der Waals surface area contributed by atoms with Crippen molar-refractivity contribution < 1.29 is 14.6 Å². The molecule has 0 heterocycles. The molecule has 0 bridgehead atoms. The van der Waals surface area contributed by atoms with Gasteiger partial charge in [0, 0.05) is 5.33 Å². The van der Waals surface area contributed by atoms with E-state index in [1.165, 1.54) is 44.9 Å². The zero-order chi connectivity index (χ0) is 17.1. The molecule has 0 aliphatic heterocycles. The van der Waals surface area contributed by atoms with Gasteiger partial charge in [0.15, 0.2) is 11.5 Å². The number of hydrogen-bond donors (Lipinski definition) is 1. The fourth-order valence-corrected chi connectivity index (χ4v) is 3.29. The van der Waals surface area contributed by atoms with Gasteiger partial charge >= 0.3 is 0 Å². The minimum absolute atomic E-state index is 0.177. The Balaban J connectivity index is 2.39. The highest BCUT2D eigenvalue weighted by Gasteiger charge is 2.17. The summed E-state index contributed by atoms with van der Waals surface area (Å²) in [6.45, 7) is 1.90. The van der Waals surface area contributed by atoms with E-state index in [0.29, 0.717) is 11.5 Å². The topological polar surface area (TPSA) is 38.7 Å².